The number of nitrogens with zero attached hydrogens (tertiary/aromatic N) is 1. The Labute approximate surface area is 169 Å². The molecule has 1 unspecified atom stereocenters. The van der Waals surface area contributed by atoms with Crippen molar-refractivity contribution < 1.29 is 19.4 Å². The van der Waals surface area contributed by atoms with Crippen LogP contribution in [0, 0.1) is 0 Å². The number of ether oxygens (including phenoxy) is 1. The molecule has 0 aromatic heterocycles. The molecule has 4 rings (SSSR count). The fourth-order valence-corrected chi connectivity index (χ4v) is 3.53. The summed E-state index contributed by atoms with van der Waals surface area (Å²) in [5.74, 6) is -1.73. The molecule has 0 saturated heterocycles. The Balaban J connectivity index is 1.54. The topological polar surface area (TPSA) is 66.8 Å². The second-order valence-electron chi connectivity index (χ2n) is 7.08. The minimum Gasteiger partial charge on any atom is -0.462 e. The first-order valence-corrected chi connectivity index (χ1v) is 9.51. The highest BCUT2D eigenvalue weighted by atomic mass is 16.6. The molecule has 0 saturated carbocycles. The molecule has 2 amide bonds. The highest BCUT2D eigenvalue weighted by Gasteiger charge is 2.38. The van der Waals surface area contributed by atoms with Gasteiger partial charge < -0.3 is 9.84 Å². The summed E-state index contributed by atoms with van der Waals surface area (Å²) in [6.45, 7) is 0.0580. The predicted molar refractivity (Wildman–Crippen MR) is 109 cm³/mol. The van der Waals surface area contributed by atoms with Crippen LogP contribution in [0.5, 0.6) is 5.75 Å². The molecule has 0 radical (unpaired) electrons. The highest BCUT2D eigenvalue weighted by molar-refractivity contribution is 6.21. The first kappa shape index (κ1) is 18.9. The van der Waals surface area contributed by atoms with Crippen LogP contribution in [-0.2, 0) is 6.42 Å². The number of carbonyl (C=O) groups excluding carboxylic acids is 2. The molecule has 3 aromatic carbocycles. The predicted octanol–water partition coefficient (Wildman–Crippen LogP) is 3.68. The summed E-state index contributed by atoms with van der Waals surface area (Å²) in [7, 11) is 0. The summed E-state index contributed by atoms with van der Waals surface area (Å²) >= 11 is 0. The Morgan fingerprint density at radius 2 is 1.28 bits per heavy atom. The van der Waals surface area contributed by atoms with Crippen molar-refractivity contribution in [1.29, 1.82) is 0 Å². The number of fused-ring (bicyclic) bond motifs is 1. The van der Waals surface area contributed by atoms with Gasteiger partial charge in [0.15, 0.2) is 0 Å². The molecule has 0 spiro atoms. The van der Waals surface area contributed by atoms with Crippen LogP contribution in [0.25, 0.3) is 0 Å². The zero-order valence-electron chi connectivity index (χ0n) is 15.8. The van der Waals surface area contributed by atoms with Crippen molar-refractivity contribution >= 4 is 11.8 Å². The smallest absolute Gasteiger partial charge is 0.261 e. The number of aliphatic hydroxyl groups is 1. The normalized spacial score (nSPS) is 15.1. The Hall–Kier alpha value is -3.44. The lowest BCUT2D eigenvalue weighted by atomic mass is 10.0. The molecule has 0 fully saturated rings. The maximum absolute atomic E-state index is 12.6. The number of hydrogen-bond acceptors (Lipinski definition) is 4. The van der Waals surface area contributed by atoms with Crippen LogP contribution in [0.3, 0.4) is 0 Å². The molecule has 29 heavy (non-hydrogen) atoms. The van der Waals surface area contributed by atoms with Gasteiger partial charge >= 0.3 is 0 Å². The fraction of sp³-hybridized carbons (Fsp3) is 0.167. The Bertz CT molecular complexity index is 941. The van der Waals surface area contributed by atoms with Gasteiger partial charge in [-0.1, -0.05) is 60.7 Å². The summed E-state index contributed by atoms with van der Waals surface area (Å²) in [5, 5.41) is 11.3. The van der Waals surface area contributed by atoms with E-state index in [4.69, 9.17) is 4.74 Å². The number of benzene rings is 3. The summed E-state index contributed by atoms with van der Waals surface area (Å²) in [6, 6.07) is 25.3. The quantitative estimate of drug-likeness (QED) is 0.496. The van der Waals surface area contributed by atoms with E-state index in [0.717, 1.165) is 5.56 Å². The number of amides is 2. The van der Waals surface area contributed by atoms with Gasteiger partial charge in [-0.05, 0) is 29.8 Å². The van der Waals surface area contributed by atoms with Crippen molar-refractivity contribution in [1.82, 2.24) is 4.90 Å². The first-order valence-electron chi connectivity index (χ1n) is 9.51. The summed E-state index contributed by atoms with van der Waals surface area (Å²) in [4.78, 5) is 26.4. The van der Waals surface area contributed by atoms with E-state index >= 15 is 0 Å². The van der Waals surface area contributed by atoms with Gasteiger partial charge in [-0.15, -0.1) is 0 Å². The van der Waals surface area contributed by atoms with E-state index in [1.165, 1.54) is 4.90 Å². The largest absolute Gasteiger partial charge is 0.462 e. The summed E-state index contributed by atoms with van der Waals surface area (Å²) in [6.07, 6.45) is 0.314. The molecule has 1 aliphatic heterocycles. The minimum absolute atomic E-state index is 0.0580. The van der Waals surface area contributed by atoms with Crippen molar-refractivity contribution in [3.63, 3.8) is 0 Å². The SMILES string of the molecule is O=C1c2ccccc2C(=O)N1CCC(O)(Cc1ccccc1)Oc1ccccc1. The van der Waals surface area contributed by atoms with Crippen LogP contribution in [-0.4, -0.2) is 34.2 Å². The summed E-state index contributed by atoms with van der Waals surface area (Å²) in [5.41, 5.74) is 1.69. The van der Waals surface area contributed by atoms with E-state index in [0.29, 0.717) is 16.9 Å². The third-order valence-corrected chi connectivity index (χ3v) is 4.98. The molecule has 5 heteroatoms. The second-order valence-corrected chi connectivity index (χ2v) is 7.08. The number of imide groups is 1. The van der Waals surface area contributed by atoms with E-state index < -0.39 is 5.79 Å². The van der Waals surface area contributed by atoms with Crippen molar-refractivity contribution in [3.05, 3.63) is 102 Å². The summed E-state index contributed by atoms with van der Waals surface area (Å²) < 4.78 is 5.92. The molecule has 0 bridgehead atoms. The molecule has 1 aliphatic rings. The van der Waals surface area contributed by atoms with E-state index in [-0.39, 0.29) is 31.2 Å². The van der Waals surface area contributed by atoms with Gasteiger partial charge in [0.2, 0.25) is 5.79 Å². The maximum atomic E-state index is 12.6. The van der Waals surface area contributed by atoms with Gasteiger partial charge in [0, 0.05) is 19.4 Å². The molecule has 146 valence electrons. The Kier molecular flexibility index (Phi) is 5.14. The molecule has 1 heterocycles. The van der Waals surface area contributed by atoms with Gasteiger partial charge in [-0.25, -0.2) is 0 Å². The van der Waals surface area contributed by atoms with Crippen LogP contribution in [0.15, 0.2) is 84.9 Å². The Morgan fingerprint density at radius 1 is 0.759 bits per heavy atom. The average Bonchev–Trinajstić information content (AvgIpc) is 2.98. The molecule has 1 atom stereocenters. The van der Waals surface area contributed by atoms with Crippen molar-refractivity contribution in [3.8, 4) is 5.75 Å². The van der Waals surface area contributed by atoms with Gasteiger partial charge in [0.1, 0.15) is 5.75 Å². The van der Waals surface area contributed by atoms with Gasteiger partial charge in [0.05, 0.1) is 11.1 Å². The number of rotatable bonds is 7. The van der Waals surface area contributed by atoms with Crippen LogP contribution in [0.1, 0.15) is 32.7 Å². The molecular weight excluding hydrogens is 366 g/mol. The van der Waals surface area contributed by atoms with Crippen molar-refractivity contribution in [2.45, 2.75) is 18.6 Å². The maximum Gasteiger partial charge on any atom is 0.261 e. The standard InChI is InChI=1S/C24H21NO4/c26-22-20-13-7-8-14-21(20)23(27)25(22)16-15-24(28,17-18-9-3-1-4-10-18)29-19-11-5-2-6-12-19/h1-14,28H,15-17H2. The zero-order valence-corrected chi connectivity index (χ0v) is 15.8. The number of para-hydroxylation sites is 1. The Morgan fingerprint density at radius 3 is 1.86 bits per heavy atom. The van der Waals surface area contributed by atoms with Crippen molar-refractivity contribution in [2.24, 2.45) is 0 Å². The van der Waals surface area contributed by atoms with Crippen LogP contribution >= 0.6 is 0 Å². The van der Waals surface area contributed by atoms with Gasteiger partial charge in [-0.3, -0.25) is 14.5 Å². The van der Waals surface area contributed by atoms with E-state index in [1.807, 2.05) is 48.5 Å². The van der Waals surface area contributed by atoms with Gasteiger partial charge in [-0.2, -0.15) is 0 Å². The lowest BCUT2D eigenvalue weighted by Gasteiger charge is -2.30. The van der Waals surface area contributed by atoms with Gasteiger partial charge in [0.25, 0.3) is 11.8 Å². The highest BCUT2D eigenvalue weighted by Crippen LogP contribution is 2.27. The van der Waals surface area contributed by atoms with Crippen LogP contribution in [0.4, 0.5) is 0 Å². The fourth-order valence-electron chi connectivity index (χ4n) is 3.53. The monoisotopic (exact) mass is 387 g/mol. The molecule has 3 aromatic rings. The van der Waals surface area contributed by atoms with Crippen LogP contribution < -0.4 is 4.74 Å². The average molecular weight is 387 g/mol. The lowest BCUT2D eigenvalue weighted by Crippen LogP contribution is -2.43. The van der Waals surface area contributed by atoms with E-state index in [1.54, 1.807) is 36.4 Å². The first-order chi connectivity index (χ1) is 14.1. The molecule has 5 nitrogen and oxygen atoms in total. The zero-order chi connectivity index (χ0) is 20.3. The molecule has 1 N–H and O–H groups in total. The third kappa shape index (κ3) is 4.05. The lowest BCUT2D eigenvalue weighted by molar-refractivity contribution is -0.142. The van der Waals surface area contributed by atoms with E-state index in [9.17, 15) is 14.7 Å². The number of hydrogen-bond donors (Lipinski definition) is 1. The molecular formula is C24H21NO4. The van der Waals surface area contributed by atoms with Crippen molar-refractivity contribution in [2.75, 3.05) is 6.54 Å². The van der Waals surface area contributed by atoms with Crippen LogP contribution in [0.2, 0.25) is 0 Å². The second kappa shape index (κ2) is 7.89. The van der Waals surface area contributed by atoms with E-state index in [2.05, 4.69) is 0 Å². The minimum atomic E-state index is -1.57. The molecule has 0 aliphatic carbocycles. The number of carbonyl (C=O) groups is 2. The third-order valence-electron chi connectivity index (χ3n) is 4.98.